The van der Waals surface area contributed by atoms with Crippen molar-refractivity contribution in [2.24, 2.45) is 0 Å². The van der Waals surface area contributed by atoms with Crippen LogP contribution in [0, 0.1) is 20.2 Å². The minimum absolute atomic E-state index is 0.0707. The summed E-state index contributed by atoms with van der Waals surface area (Å²) in [6.45, 7) is 0. The molecule has 0 aliphatic carbocycles. The molecule has 2 rings (SSSR count). The molecule has 0 aliphatic heterocycles. The molecule has 0 aliphatic rings. The van der Waals surface area contributed by atoms with Crippen molar-refractivity contribution in [3.63, 3.8) is 0 Å². The van der Waals surface area contributed by atoms with E-state index in [2.05, 4.69) is 9.47 Å². The number of methoxy groups -OCH3 is 2. The van der Waals surface area contributed by atoms with Crippen LogP contribution in [0.4, 0.5) is 37.7 Å². The van der Waals surface area contributed by atoms with Gasteiger partial charge >= 0.3 is 23.7 Å². The van der Waals surface area contributed by atoms with Gasteiger partial charge in [0.05, 0.1) is 24.1 Å². The fraction of sp³-hybridized carbons (Fsp3) is 0.250. The summed E-state index contributed by atoms with van der Waals surface area (Å²) in [5.74, 6) is -3.73. The Morgan fingerprint density at radius 1 is 0.677 bits per heavy atom. The third-order valence-corrected chi connectivity index (χ3v) is 3.79. The molecule has 9 nitrogen and oxygen atoms in total. The van der Waals surface area contributed by atoms with Crippen LogP contribution in [0.3, 0.4) is 0 Å². The van der Waals surface area contributed by atoms with E-state index in [9.17, 15) is 46.6 Å². The number of hydrogen-bond donors (Lipinski definition) is 0. The molecule has 0 heterocycles. The predicted molar refractivity (Wildman–Crippen MR) is 89.4 cm³/mol. The van der Waals surface area contributed by atoms with Crippen LogP contribution >= 0.6 is 0 Å². The zero-order valence-electron chi connectivity index (χ0n) is 15.3. The highest BCUT2D eigenvalue weighted by Gasteiger charge is 2.40. The number of halogens is 6. The molecule has 31 heavy (non-hydrogen) atoms. The van der Waals surface area contributed by atoms with Gasteiger partial charge in [-0.1, -0.05) is 0 Å². The van der Waals surface area contributed by atoms with Gasteiger partial charge in [0.15, 0.2) is 0 Å². The molecule has 0 bridgehead atoms. The summed E-state index contributed by atoms with van der Waals surface area (Å²) in [4.78, 5) is 19.9. The lowest BCUT2D eigenvalue weighted by Gasteiger charge is -2.16. The van der Waals surface area contributed by atoms with Crippen LogP contribution in [0.5, 0.6) is 23.0 Å². The maximum Gasteiger partial charge on any atom is 0.420 e. The van der Waals surface area contributed by atoms with Gasteiger partial charge in [-0.25, -0.2) is 0 Å². The molecule has 2 aromatic carbocycles. The van der Waals surface area contributed by atoms with Gasteiger partial charge in [0.25, 0.3) is 0 Å². The van der Waals surface area contributed by atoms with Crippen LogP contribution in [0.25, 0.3) is 0 Å². The lowest BCUT2D eigenvalue weighted by atomic mass is 10.1. The standard InChI is InChI=1S/C16H10F6N2O7/c1-29-11-5-13(9(23(25)26)3-7(11)15(17,18)19)31-14-6-12(30-2)8(16(20,21)22)4-10(14)24(27)28/h3-6H,1-2H3. The smallest absolute Gasteiger partial charge is 0.420 e. The second-order valence-electron chi connectivity index (χ2n) is 5.65. The van der Waals surface area contributed by atoms with Crippen molar-refractivity contribution in [1.82, 2.24) is 0 Å². The molecule has 0 unspecified atom stereocenters. The second-order valence-corrected chi connectivity index (χ2v) is 5.65. The summed E-state index contributed by atoms with van der Waals surface area (Å²) in [5, 5.41) is 22.5. The highest BCUT2D eigenvalue weighted by Crippen LogP contribution is 2.47. The number of nitro groups is 2. The number of hydrogen-bond acceptors (Lipinski definition) is 7. The van der Waals surface area contributed by atoms with Gasteiger partial charge in [0.2, 0.25) is 11.5 Å². The third kappa shape index (κ3) is 4.87. The maximum atomic E-state index is 13.1. The Morgan fingerprint density at radius 2 is 1.00 bits per heavy atom. The molecule has 15 heteroatoms. The van der Waals surface area contributed by atoms with Crippen molar-refractivity contribution in [3.8, 4) is 23.0 Å². The molecule has 2 aromatic rings. The third-order valence-electron chi connectivity index (χ3n) is 3.79. The Morgan fingerprint density at radius 3 is 1.23 bits per heavy atom. The van der Waals surface area contributed by atoms with Crippen molar-refractivity contribution in [1.29, 1.82) is 0 Å². The lowest BCUT2D eigenvalue weighted by Crippen LogP contribution is -2.10. The summed E-state index contributed by atoms with van der Waals surface area (Å²) in [6, 6.07) is 1.02. The van der Waals surface area contributed by atoms with Crippen LogP contribution in [-0.2, 0) is 12.4 Å². The average molecular weight is 456 g/mol. The van der Waals surface area contributed by atoms with E-state index >= 15 is 0 Å². The van der Waals surface area contributed by atoms with Gasteiger partial charge in [-0.3, -0.25) is 20.2 Å². The molecular weight excluding hydrogens is 446 g/mol. The van der Waals surface area contributed by atoms with E-state index in [1.54, 1.807) is 0 Å². The molecule has 0 spiro atoms. The summed E-state index contributed by atoms with van der Waals surface area (Å²) in [5.41, 5.74) is -5.59. The van der Waals surface area contributed by atoms with E-state index in [4.69, 9.17) is 4.74 Å². The van der Waals surface area contributed by atoms with E-state index in [0.29, 0.717) is 12.1 Å². The molecular formula is C16H10F6N2O7. The Hall–Kier alpha value is -3.78. The van der Waals surface area contributed by atoms with Gasteiger partial charge in [-0.05, 0) is 0 Å². The van der Waals surface area contributed by atoms with Gasteiger partial charge < -0.3 is 14.2 Å². The van der Waals surface area contributed by atoms with Crippen molar-refractivity contribution >= 4 is 11.4 Å². The molecule has 0 N–H and O–H groups in total. The quantitative estimate of drug-likeness (QED) is 0.327. The summed E-state index contributed by atoms with van der Waals surface area (Å²) >= 11 is 0. The number of nitro benzene ring substituents is 2. The molecule has 0 saturated carbocycles. The van der Waals surface area contributed by atoms with Crippen LogP contribution in [0.1, 0.15) is 11.1 Å². The Balaban J connectivity index is 2.75. The first-order chi connectivity index (χ1) is 14.2. The van der Waals surface area contributed by atoms with E-state index in [-0.39, 0.29) is 12.1 Å². The topological polar surface area (TPSA) is 114 Å². The van der Waals surface area contributed by atoms with E-state index in [1.165, 1.54) is 0 Å². The van der Waals surface area contributed by atoms with E-state index in [1.807, 2.05) is 0 Å². The Labute approximate surface area is 168 Å². The number of benzene rings is 2. The molecule has 0 saturated heterocycles. The monoisotopic (exact) mass is 456 g/mol. The van der Waals surface area contributed by atoms with Gasteiger partial charge in [0, 0.05) is 24.3 Å². The van der Waals surface area contributed by atoms with Crippen LogP contribution in [0.2, 0.25) is 0 Å². The first-order valence-corrected chi connectivity index (χ1v) is 7.75. The number of ether oxygens (including phenoxy) is 3. The lowest BCUT2D eigenvalue weighted by molar-refractivity contribution is -0.387. The molecule has 0 aromatic heterocycles. The summed E-state index contributed by atoms with van der Waals surface area (Å²) in [6.07, 6.45) is -10.1. The summed E-state index contributed by atoms with van der Waals surface area (Å²) < 4.78 is 92.7. The van der Waals surface area contributed by atoms with Crippen molar-refractivity contribution in [2.45, 2.75) is 12.4 Å². The highest BCUT2D eigenvalue weighted by atomic mass is 19.4. The van der Waals surface area contributed by atoms with Gasteiger partial charge in [-0.2, -0.15) is 26.3 Å². The van der Waals surface area contributed by atoms with Crippen molar-refractivity contribution < 1.29 is 50.4 Å². The predicted octanol–water partition coefficient (Wildman–Crippen LogP) is 5.35. The van der Waals surface area contributed by atoms with E-state index < -0.39 is 67.7 Å². The zero-order chi connectivity index (χ0) is 23.7. The zero-order valence-corrected chi connectivity index (χ0v) is 15.3. The first-order valence-electron chi connectivity index (χ1n) is 7.75. The van der Waals surface area contributed by atoms with Crippen molar-refractivity contribution in [3.05, 3.63) is 55.6 Å². The molecule has 168 valence electrons. The van der Waals surface area contributed by atoms with Gasteiger partial charge in [0.1, 0.15) is 22.6 Å². The molecule has 0 amide bonds. The largest absolute Gasteiger partial charge is 0.496 e. The maximum absolute atomic E-state index is 13.1. The van der Waals surface area contributed by atoms with Crippen molar-refractivity contribution in [2.75, 3.05) is 14.2 Å². The SMILES string of the molecule is COc1cc(Oc2cc(OC)c(C(F)(F)F)cc2[N+](=O)[O-])c([N+](=O)[O-])cc1C(F)(F)F. The van der Waals surface area contributed by atoms with E-state index in [0.717, 1.165) is 14.2 Å². The van der Waals surface area contributed by atoms with Crippen LogP contribution in [0.15, 0.2) is 24.3 Å². The van der Waals surface area contributed by atoms with Crippen LogP contribution < -0.4 is 14.2 Å². The number of alkyl halides is 6. The second kappa shape index (κ2) is 8.16. The minimum atomic E-state index is -5.06. The first kappa shape index (κ1) is 23.5. The Kier molecular flexibility index (Phi) is 6.18. The fourth-order valence-corrected chi connectivity index (χ4v) is 2.45. The number of rotatable bonds is 6. The molecule has 0 fully saturated rings. The molecule has 0 radical (unpaired) electrons. The number of nitrogens with zero attached hydrogens (tertiary/aromatic N) is 2. The normalized spacial score (nSPS) is 11.7. The fourth-order valence-electron chi connectivity index (χ4n) is 2.45. The summed E-state index contributed by atoms with van der Waals surface area (Å²) in [7, 11) is 1.65. The minimum Gasteiger partial charge on any atom is -0.496 e. The van der Waals surface area contributed by atoms with Gasteiger partial charge in [-0.15, -0.1) is 0 Å². The average Bonchev–Trinajstić information content (AvgIpc) is 2.64. The highest BCUT2D eigenvalue weighted by molar-refractivity contribution is 5.61. The Bertz CT molecular complexity index is 955. The van der Waals surface area contributed by atoms with Crippen LogP contribution in [-0.4, -0.2) is 24.1 Å². The molecule has 0 atom stereocenters.